The Kier molecular flexibility index (Phi) is 3.91. The Morgan fingerprint density at radius 3 is 2.91 bits per heavy atom. The van der Waals surface area contributed by atoms with Gasteiger partial charge in [-0.2, -0.15) is 5.10 Å². The average Bonchev–Trinajstić information content (AvgIpc) is 2.82. The molecular formula is C15H18ClN3O2S. The van der Waals surface area contributed by atoms with Gasteiger partial charge < -0.3 is 5.32 Å². The Hall–Kier alpha value is -1.53. The number of fused-ring (bicyclic) bond motifs is 1. The van der Waals surface area contributed by atoms with Gasteiger partial charge in [0.25, 0.3) is 0 Å². The van der Waals surface area contributed by atoms with Crippen molar-refractivity contribution in [2.75, 3.05) is 11.1 Å². The number of aromatic amines is 1. The van der Waals surface area contributed by atoms with E-state index in [0.717, 1.165) is 29.1 Å². The molecule has 5 nitrogen and oxygen atoms in total. The molecule has 0 saturated carbocycles. The number of hydrogen-bond donors (Lipinski definition) is 2. The zero-order valence-electron chi connectivity index (χ0n) is 12.5. The van der Waals surface area contributed by atoms with Crippen LogP contribution in [-0.4, -0.2) is 24.4 Å². The monoisotopic (exact) mass is 339 g/mol. The molecule has 2 N–H and O–H groups in total. The molecule has 1 aliphatic heterocycles. The minimum Gasteiger partial charge on any atom is -0.361 e. The van der Waals surface area contributed by atoms with E-state index in [-0.39, 0.29) is 11.8 Å². The van der Waals surface area contributed by atoms with Crippen molar-refractivity contribution in [1.29, 1.82) is 0 Å². The molecule has 0 spiro atoms. The van der Waals surface area contributed by atoms with Crippen LogP contribution in [0.3, 0.4) is 0 Å². The highest BCUT2D eigenvalue weighted by Gasteiger charge is 2.31. The number of hydrogen-bond acceptors (Lipinski definition) is 4. The molecule has 118 valence electrons. The smallest absolute Gasteiger partial charge is 0.178 e. The Morgan fingerprint density at radius 2 is 2.23 bits per heavy atom. The summed E-state index contributed by atoms with van der Waals surface area (Å²) in [4.78, 5) is 0.365. The number of aryl methyl sites for hydroxylation is 1. The number of rotatable bonds is 3. The molecule has 0 saturated heterocycles. The van der Waals surface area contributed by atoms with Crippen LogP contribution in [0.4, 0.5) is 5.82 Å². The van der Waals surface area contributed by atoms with Crippen LogP contribution >= 0.6 is 11.6 Å². The number of H-pyrrole nitrogens is 1. The number of benzene rings is 1. The van der Waals surface area contributed by atoms with E-state index in [1.807, 2.05) is 6.92 Å². The van der Waals surface area contributed by atoms with Crippen molar-refractivity contribution in [3.8, 4) is 0 Å². The van der Waals surface area contributed by atoms with Crippen molar-refractivity contribution in [2.24, 2.45) is 0 Å². The SMILES string of the molecule is CCc1[nH]nc(NC2CCS(=O)(=O)c3ccc(Cl)cc32)c1C. The summed E-state index contributed by atoms with van der Waals surface area (Å²) < 4.78 is 24.4. The fourth-order valence-corrected chi connectivity index (χ4v) is 4.63. The van der Waals surface area contributed by atoms with E-state index in [4.69, 9.17) is 11.6 Å². The summed E-state index contributed by atoms with van der Waals surface area (Å²) in [5, 5.41) is 11.2. The van der Waals surface area contributed by atoms with E-state index in [9.17, 15) is 8.42 Å². The van der Waals surface area contributed by atoms with E-state index in [0.29, 0.717) is 16.3 Å². The third-order valence-corrected chi connectivity index (χ3v) is 6.18. The molecule has 1 atom stereocenters. The second kappa shape index (κ2) is 5.59. The largest absolute Gasteiger partial charge is 0.361 e. The summed E-state index contributed by atoms with van der Waals surface area (Å²) in [5.74, 6) is 0.899. The number of sulfone groups is 1. The number of nitrogens with zero attached hydrogens (tertiary/aromatic N) is 1. The highest BCUT2D eigenvalue weighted by molar-refractivity contribution is 7.91. The molecule has 0 fully saturated rings. The quantitative estimate of drug-likeness (QED) is 0.900. The molecule has 2 heterocycles. The highest BCUT2D eigenvalue weighted by atomic mass is 35.5. The van der Waals surface area contributed by atoms with E-state index < -0.39 is 9.84 Å². The van der Waals surface area contributed by atoms with Gasteiger partial charge in [-0.3, -0.25) is 5.10 Å². The van der Waals surface area contributed by atoms with Crippen LogP contribution in [0.2, 0.25) is 5.02 Å². The number of aromatic nitrogens is 2. The molecule has 1 aromatic carbocycles. The third-order valence-electron chi connectivity index (χ3n) is 4.13. The number of anilines is 1. The Labute approximate surface area is 135 Å². The molecule has 2 aromatic rings. The van der Waals surface area contributed by atoms with Crippen LogP contribution in [0, 0.1) is 6.92 Å². The third kappa shape index (κ3) is 2.61. The minimum atomic E-state index is -3.22. The van der Waals surface area contributed by atoms with Crippen molar-refractivity contribution in [3.63, 3.8) is 0 Å². The van der Waals surface area contributed by atoms with E-state index >= 15 is 0 Å². The Balaban J connectivity index is 1.99. The first-order chi connectivity index (χ1) is 10.4. The van der Waals surface area contributed by atoms with Crippen molar-refractivity contribution < 1.29 is 8.42 Å². The number of nitrogens with one attached hydrogen (secondary N) is 2. The fraction of sp³-hybridized carbons (Fsp3) is 0.400. The van der Waals surface area contributed by atoms with Crippen LogP contribution < -0.4 is 5.32 Å². The van der Waals surface area contributed by atoms with Gasteiger partial charge in [0.15, 0.2) is 15.7 Å². The molecule has 1 unspecified atom stereocenters. The topological polar surface area (TPSA) is 74.8 Å². The van der Waals surface area contributed by atoms with Gasteiger partial charge >= 0.3 is 0 Å². The molecule has 7 heteroatoms. The standard InChI is InChI=1S/C15H18ClN3O2S/c1-3-12-9(2)15(19-18-12)17-13-6-7-22(20,21)14-5-4-10(16)8-11(13)14/h4-5,8,13H,3,6-7H2,1-2H3,(H2,17,18,19). The molecule has 0 amide bonds. The van der Waals surface area contributed by atoms with Crippen LogP contribution in [0.15, 0.2) is 23.1 Å². The molecule has 1 aromatic heterocycles. The fourth-order valence-electron chi connectivity index (χ4n) is 2.85. The van der Waals surface area contributed by atoms with Gasteiger partial charge in [0.05, 0.1) is 16.7 Å². The van der Waals surface area contributed by atoms with E-state index in [1.165, 1.54) is 0 Å². The van der Waals surface area contributed by atoms with Crippen LogP contribution in [0.5, 0.6) is 0 Å². The number of halogens is 1. The first kappa shape index (κ1) is 15.4. The van der Waals surface area contributed by atoms with Crippen LogP contribution in [0.25, 0.3) is 0 Å². The molecule has 0 radical (unpaired) electrons. The zero-order chi connectivity index (χ0) is 15.9. The second-order valence-corrected chi connectivity index (χ2v) is 8.03. The van der Waals surface area contributed by atoms with Crippen LogP contribution in [-0.2, 0) is 16.3 Å². The Bertz CT molecular complexity index is 814. The maximum absolute atomic E-state index is 12.2. The van der Waals surface area contributed by atoms with E-state index in [1.54, 1.807) is 18.2 Å². The molecule has 0 aliphatic carbocycles. The lowest BCUT2D eigenvalue weighted by atomic mass is 10.0. The summed E-state index contributed by atoms with van der Waals surface area (Å²) in [6.07, 6.45) is 1.38. The molecule has 0 bridgehead atoms. The van der Waals surface area contributed by atoms with Crippen molar-refractivity contribution in [2.45, 2.75) is 37.6 Å². The van der Waals surface area contributed by atoms with Gasteiger partial charge in [0.2, 0.25) is 0 Å². The van der Waals surface area contributed by atoms with Gasteiger partial charge in [0, 0.05) is 16.3 Å². The lowest BCUT2D eigenvalue weighted by Gasteiger charge is -2.26. The van der Waals surface area contributed by atoms with E-state index in [2.05, 4.69) is 22.4 Å². The predicted octanol–water partition coefficient (Wildman–Crippen LogP) is 3.26. The lowest BCUT2D eigenvalue weighted by molar-refractivity contribution is 0.575. The molecule has 1 aliphatic rings. The minimum absolute atomic E-state index is 0.107. The maximum Gasteiger partial charge on any atom is 0.178 e. The Morgan fingerprint density at radius 1 is 1.45 bits per heavy atom. The van der Waals surface area contributed by atoms with Crippen molar-refractivity contribution in [3.05, 3.63) is 40.0 Å². The van der Waals surface area contributed by atoms with Crippen LogP contribution in [0.1, 0.15) is 36.2 Å². The summed E-state index contributed by atoms with van der Waals surface area (Å²) in [7, 11) is -3.22. The summed E-state index contributed by atoms with van der Waals surface area (Å²) in [6.45, 7) is 4.07. The van der Waals surface area contributed by atoms with Gasteiger partial charge in [-0.05, 0) is 43.5 Å². The van der Waals surface area contributed by atoms with Crippen molar-refractivity contribution in [1.82, 2.24) is 10.2 Å². The first-order valence-electron chi connectivity index (χ1n) is 7.25. The van der Waals surface area contributed by atoms with Gasteiger partial charge in [-0.25, -0.2) is 8.42 Å². The molecular weight excluding hydrogens is 322 g/mol. The highest BCUT2D eigenvalue weighted by Crippen LogP contribution is 2.36. The van der Waals surface area contributed by atoms with Gasteiger partial charge in [-0.1, -0.05) is 18.5 Å². The van der Waals surface area contributed by atoms with Gasteiger partial charge in [-0.15, -0.1) is 0 Å². The normalized spacial score (nSPS) is 19.7. The van der Waals surface area contributed by atoms with Crippen molar-refractivity contribution >= 4 is 27.3 Å². The molecule has 3 rings (SSSR count). The predicted molar refractivity (Wildman–Crippen MR) is 87.2 cm³/mol. The maximum atomic E-state index is 12.2. The summed E-state index contributed by atoms with van der Waals surface area (Å²) in [5.41, 5.74) is 2.87. The van der Waals surface area contributed by atoms with Gasteiger partial charge in [0.1, 0.15) is 0 Å². The average molecular weight is 340 g/mol. The summed E-state index contributed by atoms with van der Waals surface area (Å²) in [6, 6.07) is 4.84. The second-order valence-electron chi connectivity index (χ2n) is 5.52. The molecule has 22 heavy (non-hydrogen) atoms. The summed E-state index contributed by atoms with van der Waals surface area (Å²) >= 11 is 6.05. The zero-order valence-corrected chi connectivity index (χ0v) is 14.1. The first-order valence-corrected chi connectivity index (χ1v) is 9.28. The lowest BCUT2D eigenvalue weighted by Crippen LogP contribution is -2.25.